The molecule has 100 valence electrons. The zero-order chi connectivity index (χ0) is 13.2. The summed E-state index contributed by atoms with van der Waals surface area (Å²) in [5.41, 5.74) is 2.27. The van der Waals surface area contributed by atoms with E-state index in [9.17, 15) is 5.11 Å². The maximum absolute atomic E-state index is 10.6. The summed E-state index contributed by atoms with van der Waals surface area (Å²) in [6, 6.07) is 8.58. The van der Waals surface area contributed by atoms with Gasteiger partial charge in [-0.15, -0.1) is 0 Å². The van der Waals surface area contributed by atoms with Crippen molar-refractivity contribution in [2.75, 3.05) is 21.1 Å². The Kier molecular flexibility index (Phi) is 3.79. The van der Waals surface area contributed by atoms with Crippen LogP contribution in [0.3, 0.4) is 0 Å². The molecule has 2 nitrogen and oxygen atoms in total. The first kappa shape index (κ1) is 13.6. The summed E-state index contributed by atoms with van der Waals surface area (Å²) in [7, 11) is 6.63. The third kappa shape index (κ3) is 3.56. The van der Waals surface area contributed by atoms with E-state index in [1.807, 2.05) is 0 Å². The van der Waals surface area contributed by atoms with Gasteiger partial charge in [-0.2, -0.15) is 0 Å². The van der Waals surface area contributed by atoms with E-state index in [-0.39, 0.29) is 0 Å². The lowest BCUT2D eigenvalue weighted by Crippen LogP contribution is -2.34. The molecule has 0 bridgehead atoms. The van der Waals surface area contributed by atoms with Crippen LogP contribution in [0.1, 0.15) is 36.8 Å². The van der Waals surface area contributed by atoms with E-state index in [2.05, 4.69) is 45.4 Å². The van der Waals surface area contributed by atoms with Gasteiger partial charge in [0, 0.05) is 12.0 Å². The molecule has 0 radical (unpaired) electrons. The molecular formula is C16H26NO+. The highest BCUT2D eigenvalue weighted by atomic mass is 16.3. The van der Waals surface area contributed by atoms with E-state index >= 15 is 0 Å². The summed E-state index contributed by atoms with van der Waals surface area (Å²) < 4.78 is 0.926. The van der Waals surface area contributed by atoms with E-state index < -0.39 is 5.60 Å². The van der Waals surface area contributed by atoms with Gasteiger partial charge in [-0.25, -0.2) is 0 Å². The second-order valence-corrected chi connectivity index (χ2v) is 6.83. The van der Waals surface area contributed by atoms with Crippen molar-refractivity contribution in [2.45, 2.75) is 44.2 Å². The first-order valence-electron chi connectivity index (χ1n) is 6.98. The summed E-state index contributed by atoms with van der Waals surface area (Å²) in [6.45, 7) is 1.02. The molecule has 2 heteroatoms. The Bertz CT molecular complexity index is 400. The highest BCUT2D eigenvalue weighted by molar-refractivity contribution is 5.28. The summed E-state index contributed by atoms with van der Waals surface area (Å²) in [5, 5.41) is 10.6. The molecule has 0 unspecified atom stereocenters. The number of benzene rings is 1. The van der Waals surface area contributed by atoms with Gasteiger partial charge in [-0.1, -0.05) is 37.1 Å². The molecular weight excluding hydrogens is 222 g/mol. The van der Waals surface area contributed by atoms with E-state index in [1.165, 1.54) is 24.0 Å². The van der Waals surface area contributed by atoms with Crippen molar-refractivity contribution in [3.05, 3.63) is 35.4 Å². The van der Waals surface area contributed by atoms with Crippen LogP contribution in [0, 0.1) is 0 Å². The van der Waals surface area contributed by atoms with Gasteiger partial charge in [0.25, 0.3) is 0 Å². The maximum Gasteiger partial charge on any atom is 0.104 e. The fourth-order valence-electron chi connectivity index (χ4n) is 2.96. The first-order valence-corrected chi connectivity index (χ1v) is 6.98. The number of nitrogens with zero attached hydrogens (tertiary/aromatic N) is 1. The van der Waals surface area contributed by atoms with Crippen LogP contribution >= 0.6 is 0 Å². The molecule has 1 N–H and O–H groups in total. The highest BCUT2D eigenvalue weighted by Gasteiger charge is 2.32. The molecule has 0 saturated heterocycles. The van der Waals surface area contributed by atoms with Crippen LogP contribution in [-0.4, -0.2) is 36.3 Å². The minimum atomic E-state index is -0.443. The van der Waals surface area contributed by atoms with Crippen LogP contribution in [0.25, 0.3) is 0 Å². The highest BCUT2D eigenvalue weighted by Crippen LogP contribution is 2.33. The van der Waals surface area contributed by atoms with Crippen LogP contribution in [-0.2, 0) is 13.0 Å². The quantitative estimate of drug-likeness (QED) is 0.812. The molecule has 18 heavy (non-hydrogen) atoms. The Hall–Kier alpha value is -0.860. The molecule has 0 aromatic heterocycles. The van der Waals surface area contributed by atoms with Gasteiger partial charge in [0.05, 0.1) is 26.7 Å². The van der Waals surface area contributed by atoms with E-state index in [0.29, 0.717) is 0 Å². The van der Waals surface area contributed by atoms with Crippen molar-refractivity contribution < 1.29 is 9.59 Å². The summed E-state index contributed by atoms with van der Waals surface area (Å²) in [4.78, 5) is 0. The lowest BCUT2D eigenvalue weighted by Gasteiger charge is -2.27. The third-order valence-electron chi connectivity index (χ3n) is 3.82. The molecule has 1 aromatic carbocycles. The molecule has 1 aliphatic rings. The third-order valence-corrected chi connectivity index (χ3v) is 3.82. The molecule has 0 aliphatic heterocycles. The van der Waals surface area contributed by atoms with E-state index in [0.717, 1.165) is 30.3 Å². The largest absolute Gasteiger partial charge is 0.390 e. The smallest absolute Gasteiger partial charge is 0.104 e. The average Bonchev–Trinajstić information content (AvgIpc) is 2.66. The predicted octanol–water partition coefficient (Wildman–Crippen LogP) is 2.74. The van der Waals surface area contributed by atoms with Crippen molar-refractivity contribution in [3.63, 3.8) is 0 Å². The number of quaternary nitrogens is 1. The fourth-order valence-corrected chi connectivity index (χ4v) is 2.96. The molecule has 0 spiro atoms. The average molecular weight is 248 g/mol. The second kappa shape index (κ2) is 5.02. The van der Waals surface area contributed by atoms with Crippen molar-refractivity contribution in [1.82, 2.24) is 0 Å². The van der Waals surface area contributed by atoms with Gasteiger partial charge in [-0.05, 0) is 18.4 Å². The lowest BCUT2D eigenvalue weighted by molar-refractivity contribution is -0.884. The molecule has 0 heterocycles. The van der Waals surface area contributed by atoms with Gasteiger partial charge < -0.3 is 9.59 Å². The SMILES string of the molecule is C[N+](C)(C)Cc1ccccc1CC1(O)CCCC1. The molecule has 1 fully saturated rings. The summed E-state index contributed by atoms with van der Waals surface area (Å²) >= 11 is 0. The molecule has 0 amide bonds. The molecule has 1 saturated carbocycles. The molecule has 1 aromatic rings. The lowest BCUT2D eigenvalue weighted by atomic mass is 9.90. The summed E-state index contributed by atoms with van der Waals surface area (Å²) in [6.07, 6.45) is 5.10. The van der Waals surface area contributed by atoms with Gasteiger partial charge in [0.15, 0.2) is 0 Å². The van der Waals surface area contributed by atoms with Gasteiger partial charge in [-0.3, -0.25) is 0 Å². The molecule has 0 atom stereocenters. The standard InChI is InChI=1S/C16H26NO/c1-17(2,3)13-15-9-5-4-8-14(15)12-16(18)10-6-7-11-16/h4-5,8-9,18H,6-7,10-13H2,1-3H3/q+1. The van der Waals surface area contributed by atoms with Gasteiger partial charge in [0.1, 0.15) is 6.54 Å². The topological polar surface area (TPSA) is 20.2 Å². The Morgan fingerprint density at radius 3 is 2.17 bits per heavy atom. The Morgan fingerprint density at radius 2 is 1.61 bits per heavy atom. The van der Waals surface area contributed by atoms with Crippen LogP contribution in [0.4, 0.5) is 0 Å². The van der Waals surface area contributed by atoms with Gasteiger partial charge >= 0.3 is 0 Å². The van der Waals surface area contributed by atoms with E-state index in [4.69, 9.17) is 0 Å². The van der Waals surface area contributed by atoms with Crippen LogP contribution in [0.5, 0.6) is 0 Å². The Labute approximate surface area is 111 Å². The summed E-state index contributed by atoms with van der Waals surface area (Å²) in [5.74, 6) is 0. The maximum atomic E-state index is 10.6. The van der Waals surface area contributed by atoms with Crippen LogP contribution in [0.2, 0.25) is 0 Å². The van der Waals surface area contributed by atoms with Gasteiger partial charge in [0.2, 0.25) is 0 Å². The van der Waals surface area contributed by atoms with Crippen molar-refractivity contribution in [2.24, 2.45) is 0 Å². The normalized spacial score (nSPS) is 19.1. The van der Waals surface area contributed by atoms with Crippen LogP contribution in [0.15, 0.2) is 24.3 Å². The number of aliphatic hydroxyl groups is 1. The van der Waals surface area contributed by atoms with Crippen molar-refractivity contribution in [3.8, 4) is 0 Å². The monoisotopic (exact) mass is 248 g/mol. The molecule has 1 aliphatic carbocycles. The Balaban J connectivity index is 2.17. The Morgan fingerprint density at radius 1 is 1.06 bits per heavy atom. The number of hydrogen-bond acceptors (Lipinski definition) is 1. The van der Waals surface area contributed by atoms with Crippen LogP contribution < -0.4 is 0 Å². The fraction of sp³-hybridized carbons (Fsp3) is 0.625. The number of rotatable bonds is 4. The van der Waals surface area contributed by atoms with E-state index in [1.54, 1.807) is 0 Å². The molecule has 2 rings (SSSR count). The minimum absolute atomic E-state index is 0.443. The zero-order valence-corrected chi connectivity index (χ0v) is 11.9. The minimum Gasteiger partial charge on any atom is -0.390 e. The predicted molar refractivity (Wildman–Crippen MR) is 75.3 cm³/mol. The zero-order valence-electron chi connectivity index (χ0n) is 11.9. The number of hydrogen-bond donors (Lipinski definition) is 1. The van der Waals surface area contributed by atoms with Crippen molar-refractivity contribution in [1.29, 1.82) is 0 Å². The second-order valence-electron chi connectivity index (χ2n) is 6.83. The first-order chi connectivity index (χ1) is 8.38. The van der Waals surface area contributed by atoms with Crippen molar-refractivity contribution >= 4 is 0 Å².